The van der Waals surface area contributed by atoms with Crippen molar-refractivity contribution in [2.45, 2.75) is 19.4 Å². The van der Waals surface area contributed by atoms with Gasteiger partial charge in [-0.25, -0.2) is 19.3 Å². The quantitative estimate of drug-likeness (QED) is 0.501. The lowest BCUT2D eigenvalue weighted by Crippen LogP contribution is -2.37. The first-order valence-corrected chi connectivity index (χ1v) is 10.8. The molecule has 0 saturated carbocycles. The first-order valence-electron chi connectivity index (χ1n) is 10.8. The van der Waals surface area contributed by atoms with Crippen molar-refractivity contribution >= 4 is 17.4 Å². The number of likely N-dealkylation sites (N-methyl/N-ethyl adjacent to an activating group) is 1. The number of nitrogens with two attached hydrogens (primary N) is 1. The molecule has 1 aliphatic heterocycles. The second-order valence-electron chi connectivity index (χ2n) is 8.43. The number of pyridine rings is 1. The SMILES string of the molecule is Cc1cnc2ccc(-c3nc(C(=O)N[C@@H]4CCN(C)C4)c(N)nc3-c3ccc(F)cc3)cn12. The highest BCUT2D eigenvalue weighted by atomic mass is 19.1. The summed E-state index contributed by atoms with van der Waals surface area (Å²) in [6, 6.07) is 9.75. The Morgan fingerprint density at radius 1 is 1.12 bits per heavy atom. The molecule has 4 heterocycles. The second kappa shape index (κ2) is 8.25. The second-order valence-corrected chi connectivity index (χ2v) is 8.43. The predicted octanol–water partition coefficient (Wildman–Crippen LogP) is 2.92. The minimum Gasteiger partial charge on any atom is -0.382 e. The summed E-state index contributed by atoms with van der Waals surface area (Å²) in [5, 5.41) is 3.02. The van der Waals surface area contributed by atoms with Gasteiger partial charge in [-0.1, -0.05) is 0 Å². The maximum Gasteiger partial charge on any atom is 0.274 e. The lowest BCUT2D eigenvalue weighted by molar-refractivity contribution is 0.0934. The van der Waals surface area contributed by atoms with Crippen molar-refractivity contribution in [3.8, 4) is 22.5 Å². The van der Waals surface area contributed by atoms with Crippen LogP contribution in [0.2, 0.25) is 0 Å². The maximum absolute atomic E-state index is 13.6. The van der Waals surface area contributed by atoms with Crippen LogP contribution in [0.3, 0.4) is 0 Å². The molecule has 0 aliphatic carbocycles. The molecule has 1 aromatic carbocycles. The first kappa shape index (κ1) is 21.0. The van der Waals surface area contributed by atoms with Crippen LogP contribution in [0.5, 0.6) is 0 Å². The number of likely N-dealkylation sites (tertiary alicyclic amines) is 1. The van der Waals surface area contributed by atoms with Crippen LogP contribution in [0.25, 0.3) is 28.2 Å². The van der Waals surface area contributed by atoms with Crippen LogP contribution >= 0.6 is 0 Å². The Balaban J connectivity index is 1.63. The van der Waals surface area contributed by atoms with Crippen LogP contribution in [0.15, 0.2) is 48.8 Å². The molecule has 5 rings (SSSR count). The number of fused-ring (bicyclic) bond motifs is 1. The molecule has 1 fully saturated rings. The molecule has 9 heteroatoms. The highest BCUT2D eigenvalue weighted by molar-refractivity contribution is 5.98. The van der Waals surface area contributed by atoms with Crippen molar-refractivity contribution < 1.29 is 9.18 Å². The van der Waals surface area contributed by atoms with Crippen molar-refractivity contribution in [1.29, 1.82) is 0 Å². The summed E-state index contributed by atoms with van der Waals surface area (Å²) >= 11 is 0. The number of nitrogens with zero attached hydrogens (tertiary/aromatic N) is 5. The van der Waals surface area contributed by atoms with Gasteiger partial charge in [0.1, 0.15) is 11.5 Å². The third-order valence-corrected chi connectivity index (χ3v) is 5.95. The molecule has 0 spiro atoms. The zero-order valence-electron chi connectivity index (χ0n) is 18.4. The van der Waals surface area contributed by atoms with E-state index in [-0.39, 0.29) is 29.3 Å². The molecular formula is C24H24FN7O. The number of benzene rings is 1. The van der Waals surface area contributed by atoms with Gasteiger partial charge < -0.3 is 20.4 Å². The van der Waals surface area contributed by atoms with Gasteiger partial charge in [0, 0.05) is 41.8 Å². The fourth-order valence-electron chi connectivity index (χ4n) is 4.17. The maximum atomic E-state index is 13.6. The molecule has 1 amide bonds. The van der Waals surface area contributed by atoms with E-state index in [1.807, 2.05) is 36.7 Å². The number of hydrogen-bond donors (Lipinski definition) is 2. The number of carbonyl (C=O) groups excluding carboxylic acids is 1. The van der Waals surface area contributed by atoms with Crippen LogP contribution in [0, 0.1) is 12.7 Å². The molecule has 1 saturated heterocycles. The van der Waals surface area contributed by atoms with E-state index in [2.05, 4.69) is 25.2 Å². The predicted molar refractivity (Wildman–Crippen MR) is 124 cm³/mol. The molecule has 168 valence electrons. The highest BCUT2D eigenvalue weighted by Crippen LogP contribution is 2.31. The highest BCUT2D eigenvalue weighted by Gasteiger charge is 2.25. The summed E-state index contributed by atoms with van der Waals surface area (Å²) < 4.78 is 15.5. The molecule has 33 heavy (non-hydrogen) atoms. The molecular weight excluding hydrogens is 421 g/mol. The fraction of sp³-hybridized carbons (Fsp3) is 0.250. The number of aryl methyl sites for hydroxylation is 1. The van der Waals surface area contributed by atoms with Crippen molar-refractivity contribution in [3.63, 3.8) is 0 Å². The van der Waals surface area contributed by atoms with E-state index in [0.717, 1.165) is 36.4 Å². The summed E-state index contributed by atoms with van der Waals surface area (Å²) in [7, 11) is 2.02. The molecule has 0 radical (unpaired) electrons. The summed E-state index contributed by atoms with van der Waals surface area (Å²) in [4.78, 5) is 28.8. The number of anilines is 1. The van der Waals surface area contributed by atoms with E-state index in [4.69, 9.17) is 5.73 Å². The zero-order chi connectivity index (χ0) is 23.1. The van der Waals surface area contributed by atoms with Crippen LogP contribution in [-0.2, 0) is 0 Å². The van der Waals surface area contributed by atoms with Gasteiger partial charge in [0.05, 0.1) is 11.4 Å². The molecule has 0 unspecified atom stereocenters. The smallest absolute Gasteiger partial charge is 0.274 e. The molecule has 3 N–H and O–H groups in total. The van der Waals surface area contributed by atoms with Crippen LogP contribution in [0.4, 0.5) is 10.2 Å². The van der Waals surface area contributed by atoms with Gasteiger partial charge in [-0.05, 0) is 63.3 Å². The number of amides is 1. The topological polar surface area (TPSA) is 101 Å². The lowest BCUT2D eigenvalue weighted by Gasteiger charge is -2.16. The van der Waals surface area contributed by atoms with E-state index in [0.29, 0.717) is 17.0 Å². The normalized spacial score (nSPS) is 16.4. The molecule has 3 aromatic heterocycles. The first-order chi connectivity index (χ1) is 15.9. The third kappa shape index (κ3) is 4.03. The minimum absolute atomic E-state index is 0.0295. The Labute approximate surface area is 190 Å². The largest absolute Gasteiger partial charge is 0.382 e. The number of nitrogens with one attached hydrogen (secondary N) is 1. The Bertz CT molecular complexity index is 1350. The van der Waals surface area contributed by atoms with Gasteiger partial charge in [0.25, 0.3) is 5.91 Å². The van der Waals surface area contributed by atoms with E-state index < -0.39 is 0 Å². The van der Waals surface area contributed by atoms with Crippen LogP contribution in [-0.4, -0.2) is 56.3 Å². The molecule has 4 aromatic rings. The summed E-state index contributed by atoms with van der Waals surface area (Å²) in [6.07, 6.45) is 4.55. The van der Waals surface area contributed by atoms with Gasteiger partial charge in [-0.2, -0.15) is 0 Å². The van der Waals surface area contributed by atoms with Gasteiger partial charge in [0.2, 0.25) is 0 Å². The van der Waals surface area contributed by atoms with Crippen molar-refractivity contribution in [2.24, 2.45) is 0 Å². The zero-order valence-corrected chi connectivity index (χ0v) is 18.4. The number of aromatic nitrogens is 4. The molecule has 8 nitrogen and oxygen atoms in total. The van der Waals surface area contributed by atoms with E-state index in [1.54, 1.807) is 18.3 Å². The lowest BCUT2D eigenvalue weighted by atomic mass is 10.0. The Morgan fingerprint density at radius 2 is 1.85 bits per heavy atom. The van der Waals surface area contributed by atoms with Gasteiger partial charge in [0.15, 0.2) is 11.5 Å². The average molecular weight is 446 g/mol. The summed E-state index contributed by atoms with van der Waals surface area (Å²) in [5.41, 5.74) is 10.4. The van der Waals surface area contributed by atoms with Gasteiger partial charge in [-0.3, -0.25) is 4.79 Å². The monoisotopic (exact) mass is 445 g/mol. The van der Waals surface area contributed by atoms with Crippen molar-refractivity contribution in [2.75, 3.05) is 25.9 Å². The standard InChI is InChI=1S/C24H24FN7O/c1-14-11-27-19-8-5-16(12-32(14)19)21-20(15-3-6-17(25)7-4-15)30-23(26)22(29-21)24(33)28-18-9-10-31(2)13-18/h3-8,11-12,18H,9-10,13H2,1-2H3,(H2,26,30)(H,28,33)/t18-/m1/s1. The summed E-state index contributed by atoms with van der Waals surface area (Å²) in [6.45, 7) is 3.65. The number of imidazole rings is 1. The Morgan fingerprint density at radius 3 is 2.58 bits per heavy atom. The number of carbonyl (C=O) groups is 1. The molecule has 0 bridgehead atoms. The number of halogens is 1. The fourth-order valence-corrected chi connectivity index (χ4v) is 4.17. The molecule has 1 atom stereocenters. The summed E-state index contributed by atoms with van der Waals surface area (Å²) in [5.74, 6) is -0.678. The van der Waals surface area contributed by atoms with E-state index >= 15 is 0 Å². The van der Waals surface area contributed by atoms with Crippen molar-refractivity contribution in [3.05, 3.63) is 66.0 Å². The Hall–Kier alpha value is -3.85. The molecule has 1 aliphatic rings. The van der Waals surface area contributed by atoms with E-state index in [9.17, 15) is 9.18 Å². The number of rotatable bonds is 4. The van der Waals surface area contributed by atoms with Crippen molar-refractivity contribution in [1.82, 2.24) is 29.6 Å². The van der Waals surface area contributed by atoms with Crippen LogP contribution in [0.1, 0.15) is 22.6 Å². The number of nitrogen functional groups attached to an aromatic ring is 1. The number of hydrogen-bond acceptors (Lipinski definition) is 6. The average Bonchev–Trinajstić information content (AvgIpc) is 3.38. The Kier molecular flexibility index (Phi) is 5.26. The third-order valence-electron chi connectivity index (χ3n) is 5.95. The van der Waals surface area contributed by atoms with Gasteiger partial charge >= 0.3 is 0 Å². The minimum atomic E-state index is -0.355. The van der Waals surface area contributed by atoms with Gasteiger partial charge in [-0.15, -0.1) is 0 Å². The van der Waals surface area contributed by atoms with Crippen LogP contribution < -0.4 is 11.1 Å². The van der Waals surface area contributed by atoms with E-state index in [1.165, 1.54) is 12.1 Å².